The van der Waals surface area contributed by atoms with Crippen molar-refractivity contribution in [1.29, 1.82) is 0 Å². The molecule has 7 nitrogen and oxygen atoms in total. The van der Waals surface area contributed by atoms with Gasteiger partial charge in [0.2, 0.25) is 0 Å². The molecule has 164 valence electrons. The molecule has 7 heteroatoms. The van der Waals surface area contributed by atoms with Gasteiger partial charge in [-0.05, 0) is 80.8 Å². The van der Waals surface area contributed by atoms with Crippen LogP contribution in [0, 0.1) is 6.92 Å². The Hall–Kier alpha value is -2.38. The fraction of sp³-hybridized carbons (Fsp3) is 0.565. The summed E-state index contributed by atoms with van der Waals surface area (Å²) in [5, 5.41) is 19.2. The lowest BCUT2D eigenvalue weighted by Crippen LogP contribution is -2.37. The van der Waals surface area contributed by atoms with Gasteiger partial charge in [0.15, 0.2) is 0 Å². The van der Waals surface area contributed by atoms with Crippen LogP contribution in [0.3, 0.4) is 0 Å². The lowest BCUT2D eigenvalue weighted by atomic mass is 9.88. The van der Waals surface area contributed by atoms with Crippen molar-refractivity contribution < 1.29 is 24.5 Å². The largest absolute Gasteiger partial charge is 0.478 e. The fourth-order valence-corrected chi connectivity index (χ4v) is 4.69. The van der Waals surface area contributed by atoms with Crippen molar-refractivity contribution in [1.82, 2.24) is 5.32 Å². The number of aliphatic carboxylic acids is 2. The zero-order valence-corrected chi connectivity index (χ0v) is 17.7. The Labute approximate surface area is 177 Å². The van der Waals surface area contributed by atoms with Crippen molar-refractivity contribution in [2.75, 3.05) is 37.7 Å². The summed E-state index contributed by atoms with van der Waals surface area (Å²) in [6.07, 6.45) is 8.95. The Kier molecular flexibility index (Phi) is 7.87. The molecule has 0 bridgehead atoms. The second kappa shape index (κ2) is 10.6. The Bertz CT molecular complexity index is 783. The number of ether oxygens (including phenoxy) is 1. The highest BCUT2D eigenvalue weighted by Crippen LogP contribution is 2.36. The summed E-state index contributed by atoms with van der Waals surface area (Å²) in [5.74, 6) is -2.51. The zero-order valence-electron chi connectivity index (χ0n) is 17.7. The second-order valence-electron chi connectivity index (χ2n) is 8.09. The van der Waals surface area contributed by atoms with Crippen LogP contribution < -0.4 is 10.2 Å². The number of carbonyl (C=O) groups is 2. The quantitative estimate of drug-likeness (QED) is 0.648. The Balaban J connectivity index is 0.000000275. The van der Waals surface area contributed by atoms with Crippen molar-refractivity contribution in [2.24, 2.45) is 0 Å². The van der Waals surface area contributed by atoms with Crippen molar-refractivity contribution in [3.05, 3.63) is 40.5 Å². The van der Waals surface area contributed by atoms with Crippen molar-refractivity contribution >= 4 is 17.6 Å². The van der Waals surface area contributed by atoms with Gasteiger partial charge in [-0.2, -0.15) is 0 Å². The van der Waals surface area contributed by atoms with Crippen LogP contribution in [0.1, 0.15) is 41.5 Å². The third-order valence-corrected chi connectivity index (χ3v) is 5.98. The van der Waals surface area contributed by atoms with Gasteiger partial charge in [-0.25, -0.2) is 9.59 Å². The van der Waals surface area contributed by atoms with E-state index in [-0.39, 0.29) is 0 Å². The van der Waals surface area contributed by atoms with Crippen LogP contribution in [0.5, 0.6) is 0 Å². The maximum atomic E-state index is 9.55. The average molecular weight is 417 g/mol. The molecule has 1 fully saturated rings. The van der Waals surface area contributed by atoms with Gasteiger partial charge < -0.3 is 25.2 Å². The van der Waals surface area contributed by atoms with Crippen molar-refractivity contribution in [3.8, 4) is 0 Å². The van der Waals surface area contributed by atoms with Crippen LogP contribution in [0.4, 0.5) is 5.69 Å². The molecule has 30 heavy (non-hydrogen) atoms. The summed E-state index contributed by atoms with van der Waals surface area (Å²) in [4.78, 5) is 21.7. The summed E-state index contributed by atoms with van der Waals surface area (Å²) in [6.45, 7) is 7.86. The molecule has 0 radical (unpaired) electrons. The minimum absolute atomic E-state index is 0.450. The zero-order chi connectivity index (χ0) is 21.5. The predicted octanol–water partition coefficient (Wildman–Crippen LogP) is 2.33. The molecule has 1 saturated heterocycles. The highest BCUT2D eigenvalue weighted by molar-refractivity contribution is 5.89. The highest BCUT2D eigenvalue weighted by atomic mass is 16.5. The standard InChI is InChI=1S/C19H28N2O.C4H4O4/c1-14-18-7-9-20-8-6-15(18)12-16-4-2-10-21(19(14)16)13-17-5-3-11-22-17;5-3(6)1-2-4(7)8/h12,17,20H,2-11,13H2,1H3;1-2H,(H,5,6)(H,7,8)/b;2-1+/t17-;/m0./s1. The fourth-order valence-electron chi connectivity index (χ4n) is 4.69. The molecule has 3 heterocycles. The first-order chi connectivity index (χ1) is 14.5. The first-order valence-corrected chi connectivity index (χ1v) is 10.8. The number of hydrogen-bond acceptors (Lipinski definition) is 5. The molecule has 3 aliphatic rings. The number of carboxylic acid groups (broad SMARTS) is 2. The first-order valence-electron chi connectivity index (χ1n) is 10.8. The number of hydrogen-bond donors (Lipinski definition) is 3. The number of fused-ring (bicyclic) bond motifs is 2. The molecule has 0 unspecified atom stereocenters. The molecule has 0 spiro atoms. The first kappa shape index (κ1) is 22.3. The summed E-state index contributed by atoms with van der Waals surface area (Å²) in [7, 11) is 0. The number of nitrogens with zero attached hydrogens (tertiary/aromatic N) is 1. The van der Waals surface area contributed by atoms with E-state index >= 15 is 0 Å². The van der Waals surface area contributed by atoms with E-state index in [0.29, 0.717) is 18.3 Å². The van der Waals surface area contributed by atoms with Crippen LogP contribution in [0.15, 0.2) is 18.2 Å². The molecular weight excluding hydrogens is 384 g/mol. The van der Waals surface area contributed by atoms with E-state index < -0.39 is 11.9 Å². The van der Waals surface area contributed by atoms with Gasteiger partial charge in [0, 0.05) is 37.5 Å². The number of nitrogens with one attached hydrogen (secondary N) is 1. The number of rotatable bonds is 4. The molecule has 1 atom stereocenters. The van der Waals surface area contributed by atoms with Gasteiger partial charge >= 0.3 is 11.9 Å². The number of benzene rings is 1. The van der Waals surface area contributed by atoms with E-state index in [4.69, 9.17) is 14.9 Å². The van der Waals surface area contributed by atoms with Crippen LogP contribution >= 0.6 is 0 Å². The Morgan fingerprint density at radius 3 is 2.53 bits per heavy atom. The number of aryl methyl sites for hydroxylation is 1. The van der Waals surface area contributed by atoms with Crippen LogP contribution in [-0.2, 0) is 33.6 Å². The molecule has 3 aliphatic heterocycles. The lowest BCUT2D eigenvalue weighted by molar-refractivity contribution is -0.134. The van der Waals surface area contributed by atoms with E-state index in [1.54, 1.807) is 27.9 Å². The van der Waals surface area contributed by atoms with Crippen molar-refractivity contribution in [3.63, 3.8) is 0 Å². The minimum atomic E-state index is -1.26. The van der Waals surface area contributed by atoms with Gasteiger partial charge in [0.1, 0.15) is 0 Å². The molecule has 3 N–H and O–H groups in total. The number of carboxylic acids is 2. The van der Waals surface area contributed by atoms with Gasteiger partial charge in [0.05, 0.1) is 6.10 Å². The van der Waals surface area contributed by atoms with Gasteiger partial charge in [-0.15, -0.1) is 0 Å². The van der Waals surface area contributed by atoms with Gasteiger partial charge in [0.25, 0.3) is 0 Å². The van der Waals surface area contributed by atoms with Crippen molar-refractivity contribution in [2.45, 2.75) is 51.6 Å². The topological polar surface area (TPSA) is 99.1 Å². The van der Waals surface area contributed by atoms with E-state index in [1.807, 2.05) is 0 Å². The highest BCUT2D eigenvalue weighted by Gasteiger charge is 2.26. The summed E-state index contributed by atoms with van der Waals surface area (Å²) in [6, 6.07) is 2.52. The monoisotopic (exact) mass is 416 g/mol. The van der Waals surface area contributed by atoms with E-state index in [0.717, 1.165) is 26.2 Å². The van der Waals surface area contributed by atoms with Crippen LogP contribution in [0.2, 0.25) is 0 Å². The molecule has 1 aromatic carbocycles. The van der Waals surface area contributed by atoms with Crippen LogP contribution in [0.25, 0.3) is 0 Å². The predicted molar refractivity (Wildman–Crippen MR) is 115 cm³/mol. The maximum Gasteiger partial charge on any atom is 0.328 e. The Morgan fingerprint density at radius 1 is 1.13 bits per heavy atom. The molecule has 0 aromatic heterocycles. The molecule has 0 amide bonds. The SMILES string of the molecule is Cc1c2c(cc3c1N(C[C@@H]1CCCO1)CCC3)CCNCC2.O=C(O)/C=C/C(=O)O. The second-order valence-corrected chi connectivity index (χ2v) is 8.09. The lowest BCUT2D eigenvalue weighted by Gasteiger charge is -2.36. The van der Waals surface area contributed by atoms with E-state index in [1.165, 1.54) is 45.1 Å². The Morgan fingerprint density at radius 2 is 1.87 bits per heavy atom. The molecule has 4 rings (SSSR count). The third kappa shape index (κ3) is 5.83. The number of anilines is 1. The average Bonchev–Trinajstić information content (AvgIpc) is 3.10. The summed E-state index contributed by atoms with van der Waals surface area (Å²) in [5.41, 5.74) is 7.89. The normalized spacial score (nSPS) is 20.7. The minimum Gasteiger partial charge on any atom is -0.478 e. The maximum absolute atomic E-state index is 9.55. The third-order valence-electron chi connectivity index (χ3n) is 5.98. The molecular formula is C23H32N2O5. The van der Waals surface area contributed by atoms with Crippen LogP contribution in [-0.4, -0.2) is 61.0 Å². The van der Waals surface area contributed by atoms with E-state index in [9.17, 15) is 9.59 Å². The van der Waals surface area contributed by atoms with Gasteiger partial charge in [-0.1, -0.05) is 6.07 Å². The van der Waals surface area contributed by atoms with E-state index in [2.05, 4.69) is 23.2 Å². The molecule has 1 aromatic rings. The molecule has 0 saturated carbocycles. The van der Waals surface area contributed by atoms with Gasteiger partial charge in [-0.3, -0.25) is 0 Å². The molecule has 0 aliphatic carbocycles. The summed E-state index contributed by atoms with van der Waals surface area (Å²) >= 11 is 0. The summed E-state index contributed by atoms with van der Waals surface area (Å²) < 4.78 is 5.89. The smallest absolute Gasteiger partial charge is 0.328 e.